The van der Waals surface area contributed by atoms with Crippen molar-refractivity contribution in [3.63, 3.8) is 0 Å². The van der Waals surface area contributed by atoms with Gasteiger partial charge in [0.25, 0.3) is 0 Å². The first-order valence-corrected chi connectivity index (χ1v) is 8.48. The molecule has 0 amide bonds. The van der Waals surface area contributed by atoms with Crippen LogP contribution in [-0.4, -0.2) is 27.2 Å². The number of benzene rings is 1. The Kier molecular flexibility index (Phi) is 4.21. The number of fused-ring (bicyclic) bond motifs is 1. The van der Waals surface area contributed by atoms with Crippen LogP contribution in [-0.2, 0) is 0 Å². The van der Waals surface area contributed by atoms with Crippen LogP contribution in [0.15, 0.2) is 41.5 Å². The summed E-state index contributed by atoms with van der Waals surface area (Å²) in [4.78, 5) is 28.0. The van der Waals surface area contributed by atoms with E-state index in [2.05, 4.69) is 4.98 Å². The number of pyridine rings is 2. The first kappa shape index (κ1) is 17.9. The van der Waals surface area contributed by atoms with E-state index in [0.29, 0.717) is 11.1 Å². The molecule has 3 aromatic rings. The van der Waals surface area contributed by atoms with Crippen molar-refractivity contribution in [1.29, 1.82) is 0 Å². The molecule has 4 rings (SSSR count). The Morgan fingerprint density at radius 1 is 1.32 bits per heavy atom. The van der Waals surface area contributed by atoms with E-state index in [1.807, 2.05) is 0 Å². The number of nitrogen functional groups attached to an aromatic ring is 1. The highest BCUT2D eigenvalue weighted by Gasteiger charge is 2.30. The van der Waals surface area contributed by atoms with Crippen molar-refractivity contribution in [2.45, 2.75) is 25.5 Å². The fourth-order valence-electron chi connectivity index (χ4n) is 3.26. The van der Waals surface area contributed by atoms with Crippen LogP contribution >= 0.6 is 0 Å². The fraction of sp³-hybridized carbons (Fsp3) is 0.211. The number of nitrogens with zero attached hydrogens (tertiary/aromatic N) is 2. The molecule has 0 atom stereocenters. The fourth-order valence-corrected chi connectivity index (χ4v) is 3.26. The van der Waals surface area contributed by atoms with Gasteiger partial charge in [0.2, 0.25) is 5.43 Å². The summed E-state index contributed by atoms with van der Waals surface area (Å²) in [5.74, 6) is -1.37. The second-order valence-corrected chi connectivity index (χ2v) is 6.50. The lowest BCUT2D eigenvalue weighted by Gasteiger charge is -2.18. The Bertz CT molecular complexity index is 1160. The molecule has 1 fully saturated rings. The third-order valence-corrected chi connectivity index (χ3v) is 4.62. The molecule has 9 heteroatoms. The number of carboxylic acids is 1. The maximum absolute atomic E-state index is 13.2. The highest BCUT2D eigenvalue weighted by Crippen LogP contribution is 2.43. The number of ether oxygens (including phenoxy) is 1. The summed E-state index contributed by atoms with van der Waals surface area (Å²) in [6.07, 6.45) is 4.13. The van der Waals surface area contributed by atoms with Gasteiger partial charge < -0.3 is 20.1 Å². The van der Waals surface area contributed by atoms with E-state index < -0.39 is 23.6 Å². The number of alkyl halides is 2. The van der Waals surface area contributed by atoms with E-state index >= 15 is 0 Å². The molecule has 0 aliphatic heterocycles. The molecule has 2 aromatic heterocycles. The average Bonchev–Trinajstić information content (AvgIpc) is 3.46. The summed E-state index contributed by atoms with van der Waals surface area (Å²) in [6, 6.07) is 5.87. The first-order chi connectivity index (χ1) is 13.4. The highest BCUT2D eigenvalue weighted by molar-refractivity contribution is 5.97. The number of hydrogen-bond donors (Lipinski definition) is 2. The molecule has 0 bridgehead atoms. The normalized spacial score (nSPS) is 13.8. The molecule has 1 saturated carbocycles. The van der Waals surface area contributed by atoms with Gasteiger partial charge in [0.1, 0.15) is 11.4 Å². The van der Waals surface area contributed by atoms with Crippen molar-refractivity contribution in [2.75, 3.05) is 5.73 Å². The molecular formula is C19H15F2N3O4. The van der Waals surface area contributed by atoms with Crippen molar-refractivity contribution >= 4 is 22.7 Å². The second kappa shape index (κ2) is 6.59. The number of nitrogens with two attached hydrogens (primary N) is 1. The number of carboxylic acid groups (broad SMARTS) is 1. The van der Waals surface area contributed by atoms with Crippen molar-refractivity contribution in [3.8, 4) is 16.9 Å². The summed E-state index contributed by atoms with van der Waals surface area (Å²) in [6.45, 7) is -3.13. The Balaban J connectivity index is 2.10. The topological polar surface area (TPSA) is 107 Å². The van der Waals surface area contributed by atoms with E-state index in [-0.39, 0.29) is 28.5 Å². The van der Waals surface area contributed by atoms with Crippen molar-refractivity contribution < 1.29 is 23.4 Å². The zero-order valence-electron chi connectivity index (χ0n) is 14.4. The molecule has 1 aromatic carbocycles. The van der Waals surface area contributed by atoms with Crippen LogP contribution in [0.4, 0.5) is 14.6 Å². The van der Waals surface area contributed by atoms with Gasteiger partial charge in [-0.2, -0.15) is 8.78 Å². The summed E-state index contributed by atoms with van der Waals surface area (Å²) >= 11 is 0. The minimum atomic E-state index is -3.13. The average molecular weight is 387 g/mol. The maximum Gasteiger partial charge on any atom is 0.387 e. The van der Waals surface area contributed by atoms with E-state index in [9.17, 15) is 23.5 Å². The quantitative estimate of drug-likeness (QED) is 0.696. The van der Waals surface area contributed by atoms with Crippen LogP contribution in [0.2, 0.25) is 0 Å². The van der Waals surface area contributed by atoms with Gasteiger partial charge in [0.05, 0.1) is 10.9 Å². The van der Waals surface area contributed by atoms with Crippen LogP contribution in [0.3, 0.4) is 0 Å². The minimum Gasteiger partial charge on any atom is -0.477 e. The van der Waals surface area contributed by atoms with Crippen LogP contribution in [0, 0.1) is 0 Å². The highest BCUT2D eigenvalue weighted by atomic mass is 19.3. The Labute approximate surface area is 157 Å². The van der Waals surface area contributed by atoms with Gasteiger partial charge in [0.15, 0.2) is 5.75 Å². The van der Waals surface area contributed by atoms with Crippen molar-refractivity contribution in [3.05, 3.63) is 52.4 Å². The molecule has 144 valence electrons. The molecule has 0 radical (unpaired) electrons. The maximum atomic E-state index is 13.2. The van der Waals surface area contributed by atoms with Gasteiger partial charge in [-0.1, -0.05) is 0 Å². The van der Waals surface area contributed by atoms with Gasteiger partial charge in [-0.05, 0) is 42.7 Å². The van der Waals surface area contributed by atoms with E-state index in [1.54, 1.807) is 10.6 Å². The van der Waals surface area contributed by atoms with E-state index in [4.69, 9.17) is 10.5 Å². The zero-order valence-corrected chi connectivity index (χ0v) is 14.4. The predicted octanol–water partition coefficient (Wildman–Crippen LogP) is 3.28. The molecule has 2 heterocycles. The molecule has 0 spiro atoms. The molecular weight excluding hydrogens is 372 g/mol. The molecule has 1 aliphatic carbocycles. The van der Waals surface area contributed by atoms with Crippen molar-refractivity contribution in [1.82, 2.24) is 9.55 Å². The lowest BCUT2D eigenvalue weighted by molar-refractivity contribution is -0.0486. The number of aromatic nitrogens is 2. The summed E-state index contributed by atoms with van der Waals surface area (Å²) < 4.78 is 32.9. The summed E-state index contributed by atoms with van der Waals surface area (Å²) in [5, 5.41) is 9.35. The SMILES string of the molecule is Nc1cc(-c2ccc3c(=O)c(C(=O)O)cn(C4CC4)c3c2OC(F)F)ccn1. The van der Waals surface area contributed by atoms with Gasteiger partial charge in [0, 0.05) is 24.0 Å². The molecule has 3 N–H and O–H groups in total. The molecule has 7 nitrogen and oxygen atoms in total. The number of halogens is 2. The van der Waals surface area contributed by atoms with Crippen LogP contribution in [0.1, 0.15) is 29.2 Å². The molecule has 1 aliphatic rings. The monoisotopic (exact) mass is 387 g/mol. The smallest absolute Gasteiger partial charge is 0.387 e. The second-order valence-electron chi connectivity index (χ2n) is 6.50. The number of anilines is 1. The lowest BCUT2D eigenvalue weighted by atomic mass is 10.0. The Hall–Kier alpha value is -3.49. The predicted molar refractivity (Wildman–Crippen MR) is 97.7 cm³/mol. The zero-order chi connectivity index (χ0) is 20.0. The first-order valence-electron chi connectivity index (χ1n) is 8.48. The lowest BCUT2D eigenvalue weighted by Crippen LogP contribution is -2.19. The minimum absolute atomic E-state index is 0.00762. The van der Waals surface area contributed by atoms with Crippen molar-refractivity contribution in [2.24, 2.45) is 0 Å². The number of aromatic carboxylic acids is 1. The molecule has 0 saturated heterocycles. The third-order valence-electron chi connectivity index (χ3n) is 4.62. The van der Waals surface area contributed by atoms with Crippen LogP contribution in [0.25, 0.3) is 22.0 Å². The number of rotatable bonds is 5. The van der Waals surface area contributed by atoms with E-state index in [0.717, 1.165) is 12.8 Å². The molecule has 28 heavy (non-hydrogen) atoms. The Morgan fingerprint density at radius 3 is 2.68 bits per heavy atom. The number of carbonyl (C=O) groups is 1. The largest absolute Gasteiger partial charge is 0.477 e. The van der Waals surface area contributed by atoms with Crippen LogP contribution < -0.4 is 15.9 Å². The van der Waals surface area contributed by atoms with E-state index in [1.165, 1.54) is 30.6 Å². The Morgan fingerprint density at radius 2 is 2.07 bits per heavy atom. The summed E-state index contributed by atoms with van der Waals surface area (Å²) in [7, 11) is 0. The van der Waals surface area contributed by atoms with Gasteiger partial charge in [-0.25, -0.2) is 9.78 Å². The van der Waals surface area contributed by atoms with Gasteiger partial charge in [-0.15, -0.1) is 0 Å². The number of hydrogen-bond acceptors (Lipinski definition) is 5. The van der Waals surface area contributed by atoms with Gasteiger partial charge >= 0.3 is 12.6 Å². The standard InChI is InChI=1S/C19H15F2N3O4/c20-19(21)28-17-11(9-5-6-23-14(22)7-9)3-4-12-15(17)24(10-1-2-10)8-13(16(12)25)18(26)27/h3-8,10,19H,1-2H2,(H2,22,23)(H,26,27). The third kappa shape index (κ3) is 3.04. The van der Waals surface area contributed by atoms with Gasteiger partial charge in [-0.3, -0.25) is 4.79 Å². The molecule has 0 unspecified atom stereocenters. The summed E-state index contributed by atoms with van der Waals surface area (Å²) in [5.41, 5.74) is 5.48. The van der Waals surface area contributed by atoms with Crippen LogP contribution in [0.5, 0.6) is 5.75 Å².